The molecule has 0 saturated heterocycles. The smallest absolute Gasteiger partial charge is 0.189 e. The molecule has 16 heavy (non-hydrogen) atoms. The van der Waals surface area contributed by atoms with Crippen molar-refractivity contribution < 1.29 is 0 Å². The molecule has 0 radical (unpaired) electrons. The molecule has 0 aliphatic carbocycles. The molecule has 5 heteroatoms. The number of hydrogen-bond donors (Lipinski definition) is 1. The molecule has 0 atom stereocenters. The number of fused-ring (bicyclic) bond motifs is 1. The van der Waals surface area contributed by atoms with Crippen LogP contribution in [-0.4, -0.2) is 15.2 Å². The Morgan fingerprint density at radius 1 is 1.06 bits per heavy atom. The molecule has 4 nitrogen and oxygen atoms in total. The van der Waals surface area contributed by atoms with Crippen LogP contribution in [0.1, 0.15) is 0 Å². The summed E-state index contributed by atoms with van der Waals surface area (Å²) in [6.07, 6.45) is 1.64. The van der Waals surface area contributed by atoms with Crippen LogP contribution >= 0.6 is 11.3 Å². The van der Waals surface area contributed by atoms with Crippen LogP contribution in [0.2, 0.25) is 0 Å². The zero-order valence-electron chi connectivity index (χ0n) is 8.29. The van der Waals surface area contributed by atoms with Crippen molar-refractivity contribution in [1.29, 1.82) is 0 Å². The summed E-state index contributed by atoms with van der Waals surface area (Å²) in [7, 11) is 0. The van der Waals surface area contributed by atoms with E-state index in [-0.39, 0.29) is 0 Å². The number of rotatable bonds is 2. The average molecular weight is 228 g/mol. The highest BCUT2D eigenvalue weighted by Crippen LogP contribution is 2.26. The Balaban J connectivity index is 1.95. The Bertz CT molecular complexity index is 572. The average Bonchev–Trinajstić information content (AvgIpc) is 2.72. The van der Waals surface area contributed by atoms with Crippen molar-refractivity contribution in [3.05, 3.63) is 42.6 Å². The Kier molecular flexibility index (Phi) is 2.23. The molecule has 1 aromatic carbocycles. The number of benzene rings is 1. The van der Waals surface area contributed by atoms with Crippen molar-refractivity contribution in [3.63, 3.8) is 0 Å². The fraction of sp³-hybridized carbons (Fsp3) is 0. The molecule has 3 aromatic rings. The quantitative estimate of drug-likeness (QED) is 0.732. The summed E-state index contributed by atoms with van der Waals surface area (Å²) in [6.45, 7) is 0. The van der Waals surface area contributed by atoms with Crippen molar-refractivity contribution >= 4 is 32.5 Å². The minimum Gasteiger partial charge on any atom is -0.315 e. The van der Waals surface area contributed by atoms with E-state index < -0.39 is 0 Å². The molecule has 0 bridgehead atoms. The van der Waals surface area contributed by atoms with Gasteiger partial charge >= 0.3 is 0 Å². The summed E-state index contributed by atoms with van der Waals surface area (Å²) in [5.74, 6) is 0.710. The predicted molar refractivity (Wildman–Crippen MR) is 64.9 cm³/mol. The highest BCUT2D eigenvalue weighted by atomic mass is 32.1. The molecule has 0 unspecified atom stereocenters. The zero-order valence-corrected chi connectivity index (χ0v) is 9.11. The molecule has 2 heterocycles. The molecular weight excluding hydrogens is 220 g/mol. The first kappa shape index (κ1) is 9.23. The summed E-state index contributed by atoms with van der Waals surface area (Å²) in [6, 6.07) is 11.7. The van der Waals surface area contributed by atoms with Gasteiger partial charge in [-0.2, -0.15) is 5.10 Å². The minimum atomic E-state index is 0.710. The predicted octanol–water partition coefficient (Wildman–Crippen LogP) is 2.83. The van der Waals surface area contributed by atoms with Gasteiger partial charge in [-0.1, -0.05) is 23.5 Å². The Hall–Kier alpha value is -2.01. The lowest BCUT2D eigenvalue weighted by Gasteiger charge is -1.97. The largest absolute Gasteiger partial charge is 0.315 e. The Morgan fingerprint density at radius 2 is 2.00 bits per heavy atom. The molecule has 0 saturated carbocycles. The maximum absolute atomic E-state index is 4.45. The second-order valence-electron chi connectivity index (χ2n) is 3.22. The van der Waals surface area contributed by atoms with E-state index in [2.05, 4.69) is 26.6 Å². The van der Waals surface area contributed by atoms with Gasteiger partial charge in [-0.05, 0) is 24.3 Å². The van der Waals surface area contributed by atoms with Crippen LogP contribution in [0, 0.1) is 0 Å². The number of nitrogens with one attached hydrogen (secondary N) is 1. The monoisotopic (exact) mass is 228 g/mol. The first-order chi connectivity index (χ1) is 7.92. The number of para-hydroxylation sites is 1. The van der Waals surface area contributed by atoms with Crippen LogP contribution in [0.3, 0.4) is 0 Å². The van der Waals surface area contributed by atoms with Gasteiger partial charge in [-0.15, -0.1) is 5.10 Å². The van der Waals surface area contributed by atoms with E-state index in [1.165, 1.54) is 0 Å². The number of anilines is 2. The van der Waals surface area contributed by atoms with Gasteiger partial charge in [-0.25, -0.2) is 4.98 Å². The van der Waals surface area contributed by atoms with Crippen molar-refractivity contribution in [1.82, 2.24) is 15.2 Å². The minimum absolute atomic E-state index is 0.710. The van der Waals surface area contributed by atoms with E-state index in [0.717, 1.165) is 15.3 Å². The van der Waals surface area contributed by atoms with Gasteiger partial charge in [0.15, 0.2) is 10.9 Å². The summed E-state index contributed by atoms with van der Waals surface area (Å²) >= 11 is 1.60. The van der Waals surface area contributed by atoms with E-state index in [1.54, 1.807) is 17.5 Å². The fourth-order valence-electron chi connectivity index (χ4n) is 1.40. The van der Waals surface area contributed by atoms with Gasteiger partial charge in [0, 0.05) is 6.20 Å². The van der Waals surface area contributed by atoms with E-state index in [4.69, 9.17) is 0 Å². The lowest BCUT2D eigenvalue weighted by Crippen LogP contribution is -1.93. The fourth-order valence-corrected chi connectivity index (χ4v) is 2.28. The number of nitrogens with zero attached hydrogens (tertiary/aromatic N) is 3. The highest BCUT2D eigenvalue weighted by Gasteiger charge is 2.03. The second kappa shape index (κ2) is 3.86. The van der Waals surface area contributed by atoms with Gasteiger partial charge in [-0.3, -0.25) is 0 Å². The van der Waals surface area contributed by atoms with E-state index in [0.29, 0.717) is 5.82 Å². The van der Waals surface area contributed by atoms with Crippen molar-refractivity contribution in [2.75, 3.05) is 5.32 Å². The third-order valence-electron chi connectivity index (χ3n) is 2.10. The molecule has 78 valence electrons. The summed E-state index contributed by atoms with van der Waals surface area (Å²) in [4.78, 5) is 4.45. The van der Waals surface area contributed by atoms with E-state index >= 15 is 0 Å². The van der Waals surface area contributed by atoms with Gasteiger partial charge in [0.2, 0.25) is 0 Å². The maximum Gasteiger partial charge on any atom is 0.189 e. The SMILES string of the molecule is c1cnnc(Nc2nc3ccccc3s2)c1. The Morgan fingerprint density at radius 3 is 2.81 bits per heavy atom. The molecule has 1 N–H and O–H groups in total. The van der Waals surface area contributed by atoms with E-state index in [9.17, 15) is 0 Å². The van der Waals surface area contributed by atoms with Crippen LogP contribution in [0.4, 0.5) is 10.9 Å². The second-order valence-corrected chi connectivity index (χ2v) is 4.25. The van der Waals surface area contributed by atoms with Crippen LogP contribution in [-0.2, 0) is 0 Å². The number of aromatic nitrogens is 3. The van der Waals surface area contributed by atoms with Crippen LogP contribution < -0.4 is 5.32 Å². The van der Waals surface area contributed by atoms with Gasteiger partial charge in [0.1, 0.15) is 0 Å². The van der Waals surface area contributed by atoms with Crippen LogP contribution in [0.15, 0.2) is 42.6 Å². The van der Waals surface area contributed by atoms with Crippen molar-refractivity contribution in [3.8, 4) is 0 Å². The van der Waals surface area contributed by atoms with E-state index in [1.807, 2.05) is 30.3 Å². The maximum atomic E-state index is 4.45. The summed E-state index contributed by atoms with van der Waals surface area (Å²) in [5, 5.41) is 11.7. The molecule has 3 rings (SSSR count). The highest BCUT2D eigenvalue weighted by molar-refractivity contribution is 7.22. The molecule has 0 spiro atoms. The lowest BCUT2D eigenvalue weighted by molar-refractivity contribution is 1.04. The first-order valence-electron chi connectivity index (χ1n) is 4.82. The lowest BCUT2D eigenvalue weighted by atomic mass is 10.3. The van der Waals surface area contributed by atoms with Crippen molar-refractivity contribution in [2.45, 2.75) is 0 Å². The topological polar surface area (TPSA) is 50.7 Å². The third kappa shape index (κ3) is 1.72. The van der Waals surface area contributed by atoms with Gasteiger partial charge in [0.05, 0.1) is 10.2 Å². The zero-order chi connectivity index (χ0) is 10.8. The number of thiazole rings is 1. The summed E-state index contributed by atoms with van der Waals surface area (Å²) in [5.41, 5.74) is 0.999. The molecule has 0 amide bonds. The molecule has 0 aliphatic rings. The number of hydrogen-bond acceptors (Lipinski definition) is 5. The van der Waals surface area contributed by atoms with Crippen LogP contribution in [0.25, 0.3) is 10.2 Å². The molecule has 2 aromatic heterocycles. The third-order valence-corrected chi connectivity index (χ3v) is 3.05. The molecule has 0 fully saturated rings. The van der Waals surface area contributed by atoms with Crippen LogP contribution in [0.5, 0.6) is 0 Å². The normalized spacial score (nSPS) is 10.5. The molecule has 0 aliphatic heterocycles. The Labute approximate surface area is 96.0 Å². The standard InChI is InChI=1S/C11H8N4S/c1-2-5-9-8(4-1)13-11(16-9)14-10-6-3-7-12-15-10/h1-7H,(H,13,14,15). The van der Waals surface area contributed by atoms with Gasteiger partial charge in [0.25, 0.3) is 0 Å². The summed E-state index contributed by atoms with van der Waals surface area (Å²) < 4.78 is 1.16. The first-order valence-corrected chi connectivity index (χ1v) is 5.64. The van der Waals surface area contributed by atoms with Gasteiger partial charge < -0.3 is 5.32 Å². The molecular formula is C11H8N4S. The van der Waals surface area contributed by atoms with Crippen molar-refractivity contribution in [2.24, 2.45) is 0 Å².